The molecule has 0 atom stereocenters. The number of halogens is 1. The monoisotopic (exact) mass is 335 g/mol. The van der Waals surface area contributed by atoms with Gasteiger partial charge in [-0.05, 0) is 42.7 Å². The van der Waals surface area contributed by atoms with Gasteiger partial charge in [0.25, 0.3) is 0 Å². The molecule has 0 unspecified atom stereocenters. The van der Waals surface area contributed by atoms with Crippen LogP contribution in [0.5, 0.6) is 0 Å². The van der Waals surface area contributed by atoms with E-state index in [1.807, 2.05) is 18.2 Å². The maximum atomic E-state index is 12.4. The number of hydrogen-bond acceptors (Lipinski definition) is 2. The van der Waals surface area contributed by atoms with Crippen LogP contribution in [0.3, 0.4) is 0 Å². The topological polar surface area (TPSA) is 46.2 Å². The summed E-state index contributed by atoms with van der Waals surface area (Å²) in [6, 6.07) is 16.4. The van der Waals surface area contributed by atoms with Crippen LogP contribution in [0.15, 0.2) is 59.5 Å². The summed E-state index contributed by atoms with van der Waals surface area (Å²) in [5, 5.41) is 0.527. The molecule has 5 heteroatoms. The molecule has 0 spiro atoms. The molecular weight excluding hydrogens is 318 g/mol. The summed E-state index contributed by atoms with van der Waals surface area (Å²) in [5.41, 5.74) is 1.14. The Bertz CT molecular complexity index is 738. The van der Waals surface area contributed by atoms with E-state index in [4.69, 9.17) is 11.6 Å². The van der Waals surface area contributed by atoms with Crippen molar-refractivity contribution >= 4 is 21.6 Å². The van der Waals surface area contributed by atoms with Gasteiger partial charge in [-0.25, -0.2) is 13.1 Å². The van der Waals surface area contributed by atoms with E-state index in [1.165, 1.54) is 17.7 Å². The molecule has 1 N–H and O–H groups in total. The van der Waals surface area contributed by atoms with E-state index in [1.54, 1.807) is 12.1 Å². The van der Waals surface area contributed by atoms with Crippen molar-refractivity contribution in [1.82, 2.24) is 4.72 Å². The molecule has 0 radical (unpaired) electrons. The summed E-state index contributed by atoms with van der Waals surface area (Å²) < 4.78 is 27.6. The zero-order valence-electron chi connectivity index (χ0n) is 12.1. The van der Waals surface area contributed by atoms with E-state index in [9.17, 15) is 8.42 Å². The third-order valence-corrected chi connectivity index (χ3v) is 6.09. The molecular formula is C17H18ClNO2S. The normalized spacial score (nSPS) is 17.0. The first kappa shape index (κ1) is 15.5. The Hall–Kier alpha value is -1.36. The smallest absolute Gasteiger partial charge is 0.210 e. The van der Waals surface area contributed by atoms with Crippen molar-refractivity contribution in [2.24, 2.45) is 0 Å². The number of nitrogens with one attached hydrogen (secondary N) is 1. The number of rotatable bonds is 5. The molecule has 0 amide bonds. The molecule has 2 aromatic rings. The molecule has 1 saturated carbocycles. The zero-order valence-corrected chi connectivity index (χ0v) is 13.7. The summed E-state index contributed by atoms with van der Waals surface area (Å²) in [5.74, 6) is 0. The molecule has 116 valence electrons. The van der Waals surface area contributed by atoms with Crippen molar-refractivity contribution in [2.75, 3.05) is 6.54 Å². The lowest BCUT2D eigenvalue weighted by Crippen LogP contribution is -2.45. The molecule has 1 fully saturated rings. The lowest BCUT2D eigenvalue weighted by Gasteiger charge is -2.42. The molecule has 0 heterocycles. The summed E-state index contributed by atoms with van der Waals surface area (Å²) in [7, 11) is -3.50. The summed E-state index contributed by atoms with van der Waals surface area (Å²) in [6.45, 7) is 0.433. The molecule has 0 bridgehead atoms. The maximum Gasteiger partial charge on any atom is 0.240 e. The Kier molecular flexibility index (Phi) is 4.26. The predicted octanol–water partition coefficient (Wildman–Crippen LogP) is 3.74. The highest BCUT2D eigenvalue weighted by Crippen LogP contribution is 2.43. The quantitative estimate of drug-likeness (QED) is 0.904. The van der Waals surface area contributed by atoms with Gasteiger partial charge in [0.05, 0.1) is 4.90 Å². The van der Waals surface area contributed by atoms with E-state index >= 15 is 0 Å². The fraction of sp³-hybridized carbons (Fsp3) is 0.294. The minimum absolute atomic E-state index is 0.0687. The van der Waals surface area contributed by atoms with Gasteiger partial charge in [-0.1, -0.05) is 48.4 Å². The molecule has 1 aliphatic carbocycles. The van der Waals surface area contributed by atoms with Crippen LogP contribution in [0, 0.1) is 0 Å². The average molecular weight is 336 g/mol. The zero-order chi connectivity index (χ0) is 15.6. The first-order chi connectivity index (χ1) is 10.5. The van der Waals surface area contributed by atoms with Gasteiger partial charge < -0.3 is 0 Å². The maximum absolute atomic E-state index is 12.4. The van der Waals surface area contributed by atoms with Gasteiger partial charge in [-0.15, -0.1) is 0 Å². The Morgan fingerprint density at radius 2 is 1.64 bits per heavy atom. The van der Waals surface area contributed by atoms with Crippen LogP contribution in [0.25, 0.3) is 0 Å². The van der Waals surface area contributed by atoms with Gasteiger partial charge in [0.15, 0.2) is 0 Å². The Morgan fingerprint density at radius 3 is 2.18 bits per heavy atom. The summed E-state index contributed by atoms with van der Waals surface area (Å²) in [6.07, 6.45) is 3.16. The van der Waals surface area contributed by atoms with Gasteiger partial charge in [-0.2, -0.15) is 0 Å². The minimum atomic E-state index is -3.50. The number of benzene rings is 2. The van der Waals surface area contributed by atoms with Crippen LogP contribution >= 0.6 is 11.6 Å². The molecule has 3 nitrogen and oxygen atoms in total. The predicted molar refractivity (Wildman–Crippen MR) is 88.6 cm³/mol. The van der Waals surface area contributed by atoms with Crippen LogP contribution in [0.4, 0.5) is 0 Å². The SMILES string of the molecule is O=S(=O)(NCC1(c2ccccc2)CCC1)c1ccc(Cl)cc1. The van der Waals surface area contributed by atoms with E-state index in [2.05, 4.69) is 16.9 Å². The number of hydrogen-bond donors (Lipinski definition) is 1. The standard InChI is InChI=1S/C17H18ClNO2S/c18-15-7-9-16(10-8-15)22(20,21)19-13-17(11-4-12-17)14-5-2-1-3-6-14/h1-3,5-10,19H,4,11-13H2. The second kappa shape index (κ2) is 6.03. The van der Waals surface area contributed by atoms with Gasteiger partial charge in [0.1, 0.15) is 0 Å². The third-order valence-electron chi connectivity index (χ3n) is 4.42. The van der Waals surface area contributed by atoms with Crippen molar-refractivity contribution in [3.63, 3.8) is 0 Å². The third kappa shape index (κ3) is 3.05. The second-order valence-electron chi connectivity index (χ2n) is 5.78. The highest BCUT2D eigenvalue weighted by molar-refractivity contribution is 7.89. The van der Waals surface area contributed by atoms with Crippen LogP contribution in [-0.4, -0.2) is 15.0 Å². The van der Waals surface area contributed by atoms with E-state index < -0.39 is 10.0 Å². The van der Waals surface area contributed by atoms with E-state index in [0.29, 0.717) is 11.6 Å². The Labute approximate surface area is 136 Å². The van der Waals surface area contributed by atoms with Crippen molar-refractivity contribution in [2.45, 2.75) is 29.6 Å². The average Bonchev–Trinajstić information content (AvgIpc) is 2.47. The molecule has 0 aromatic heterocycles. The molecule has 3 rings (SSSR count). The summed E-state index contributed by atoms with van der Waals surface area (Å²) >= 11 is 5.81. The van der Waals surface area contributed by atoms with E-state index in [0.717, 1.165) is 19.3 Å². The fourth-order valence-electron chi connectivity index (χ4n) is 2.89. The molecule has 0 saturated heterocycles. The highest BCUT2D eigenvalue weighted by Gasteiger charge is 2.39. The Balaban J connectivity index is 1.77. The van der Waals surface area contributed by atoms with Crippen LogP contribution in [-0.2, 0) is 15.4 Å². The molecule has 0 aliphatic heterocycles. The first-order valence-corrected chi connectivity index (χ1v) is 9.19. The molecule has 2 aromatic carbocycles. The van der Waals surface area contributed by atoms with Crippen LogP contribution in [0.2, 0.25) is 5.02 Å². The van der Waals surface area contributed by atoms with Crippen molar-refractivity contribution in [3.8, 4) is 0 Å². The second-order valence-corrected chi connectivity index (χ2v) is 7.98. The highest BCUT2D eigenvalue weighted by atomic mass is 35.5. The lowest BCUT2D eigenvalue weighted by atomic mass is 9.64. The molecule has 22 heavy (non-hydrogen) atoms. The summed E-state index contributed by atoms with van der Waals surface area (Å²) in [4.78, 5) is 0.249. The van der Waals surface area contributed by atoms with Gasteiger partial charge in [0, 0.05) is 17.0 Å². The largest absolute Gasteiger partial charge is 0.240 e. The van der Waals surface area contributed by atoms with Crippen molar-refractivity contribution < 1.29 is 8.42 Å². The Morgan fingerprint density at radius 1 is 1.00 bits per heavy atom. The number of sulfonamides is 1. The van der Waals surface area contributed by atoms with Crippen LogP contribution in [0.1, 0.15) is 24.8 Å². The van der Waals surface area contributed by atoms with Gasteiger partial charge >= 0.3 is 0 Å². The van der Waals surface area contributed by atoms with Gasteiger partial charge in [0.2, 0.25) is 10.0 Å². The fourth-order valence-corrected chi connectivity index (χ4v) is 4.15. The van der Waals surface area contributed by atoms with E-state index in [-0.39, 0.29) is 10.3 Å². The molecule has 1 aliphatic rings. The van der Waals surface area contributed by atoms with Gasteiger partial charge in [-0.3, -0.25) is 0 Å². The van der Waals surface area contributed by atoms with Crippen LogP contribution < -0.4 is 4.72 Å². The van der Waals surface area contributed by atoms with Crippen molar-refractivity contribution in [1.29, 1.82) is 0 Å². The lowest BCUT2D eigenvalue weighted by molar-refractivity contribution is 0.245. The minimum Gasteiger partial charge on any atom is -0.210 e. The van der Waals surface area contributed by atoms with Crippen molar-refractivity contribution in [3.05, 3.63) is 65.2 Å². The first-order valence-electron chi connectivity index (χ1n) is 7.33.